The van der Waals surface area contributed by atoms with Crippen LogP contribution in [0.4, 0.5) is 13.6 Å². The first-order valence-electron chi connectivity index (χ1n) is 4.00. The predicted molar refractivity (Wildman–Crippen MR) is 41.6 cm³/mol. The van der Waals surface area contributed by atoms with Crippen molar-refractivity contribution in [1.29, 1.82) is 0 Å². The fourth-order valence-corrected chi connectivity index (χ4v) is 1.23. The van der Waals surface area contributed by atoms with Crippen LogP contribution in [0.3, 0.4) is 0 Å². The number of hydrogen-bond acceptors (Lipinski definition) is 2. The van der Waals surface area contributed by atoms with Crippen LogP contribution in [0.1, 0.15) is 6.42 Å². The lowest BCUT2D eigenvalue weighted by atomic mass is 10.0. The Bertz CT molecular complexity index is 211. The van der Waals surface area contributed by atoms with Crippen LogP contribution in [0.25, 0.3) is 0 Å². The number of β-amino-alcohol motifs (C(OH)–C–C–N with tert-alkyl or cyclic N) is 1. The molecule has 0 aliphatic carbocycles. The molecule has 13 heavy (non-hydrogen) atoms. The zero-order chi connectivity index (χ0) is 10.1. The molecule has 0 spiro atoms. The first kappa shape index (κ1) is 10.2. The first-order chi connectivity index (χ1) is 5.97. The third-order valence-electron chi connectivity index (χ3n) is 2.10. The summed E-state index contributed by atoms with van der Waals surface area (Å²) in [6, 6.07) is -0.436. The number of aliphatic hydroxyl groups excluding tert-OH is 1. The van der Waals surface area contributed by atoms with Gasteiger partial charge in [-0.25, -0.2) is 13.6 Å². The summed E-state index contributed by atoms with van der Waals surface area (Å²) in [6.45, 7) is -0.337. The lowest BCUT2D eigenvalue weighted by molar-refractivity contribution is -0.140. The summed E-state index contributed by atoms with van der Waals surface area (Å²) in [5.41, 5.74) is 0. The second-order valence-corrected chi connectivity index (χ2v) is 3.03. The molecule has 0 aromatic carbocycles. The van der Waals surface area contributed by atoms with Crippen LogP contribution in [0.2, 0.25) is 0 Å². The lowest BCUT2D eigenvalue weighted by Gasteiger charge is -2.35. The van der Waals surface area contributed by atoms with Crippen molar-refractivity contribution in [1.82, 2.24) is 10.2 Å². The van der Waals surface area contributed by atoms with E-state index < -0.39 is 24.5 Å². The minimum Gasteiger partial charge on any atom is -0.385 e. The number of likely N-dealkylation sites (tertiary alicyclic amines) is 1. The topological polar surface area (TPSA) is 52.6 Å². The molecule has 0 saturated carbocycles. The summed E-state index contributed by atoms with van der Waals surface area (Å²) in [7, 11) is 1.42. The number of halogens is 2. The molecule has 1 atom stereocenters. The first-order valence-corrected chi connectivity index (χ1v) is 4.00. The van der Waals surface area contributed by atoms with E-state index >= 15 is 0 Å². The van der Waals surface area contributed by atoms with Crippen LogP contribution in [0.15, 0.2) is 0 Å². The number of piperidine rings is 1. The highest BCUT2D eigenvalue weighted by Crippen LogP contribution is 2.27. The van der Waals surface area contributed by atoms with Crippen LogP contribution in [-0.2, 0) is 0 Å². The van der Waals surface area contributed by atoms with E-state index in [-0.39, 0.29) is 13.1 Å². The van der Waals surface area contributed by atoms with E-state index in [4.69, 9.17) is 5.11 Å². The van der Waals surface area contributed by atoms with Gasteiger partial charge in [0.25, 0.3) is 5.92 Å². The second kappa shape index (κ2) is 3.45. The van der Waals surface area contributed by atoms with Gasteiger partial charge in [0.2, 0.25) is 0 Å². The van der Waals surface area contributed by atoms with Crippen LogP contribution >= 0.6 is 0 Å². The number of carbonyl (C=O) groups excluding carboxylic acids is 1. The molecule has 4 nitrogen and oxygen atoms in total. The smallest absolute Gasteiger partial charge is 0.317 e. The Morgan fingerprint density at radius 1 is 1.69 bits per heavy atom. The van der Waals surface area contributed by atoms with E-state index in [9.17, 15) is 13.6 Å². The van der Waals surface area contributed by atoms with Crippen molar-refractivity contribution in [2.45, 2.75) is 18.4 Å². The Labute approximate surface area is 74.5 Å². The lowest BCUT2D eigenvalue weighted by Crippen LogP contribution is -2.54. The number of hydrogen-bond donors (Lipinski definition) is 2. The molecular weight excluding hydrogens is 182 g/mol. The van der Waals surface area contributed by atoms with Gasteiger partial charge in [-0.2, -0.15) is 0 Å². The van der Waals surface area contributed by atoms with E-state index in [0.717, 1.165) is 0 Å². The van der Waals surface area contributed by atoms with Crippen LogP contribution in [-0.4, -0.2) is 48.2 Å². The van der Waals surface area contributed by atoms with Crippen molar-refractivity contribution in [2.24, 2.45) is 0 Å². The minimum absolute atomic E-state index is 0.0241. The summed E-state index contributed by atoms with van der Waals surface area (Å²) in [5, 5.41) is 11.3. The number of nitrogens with zero attached hydrogens (tertiary/aromatic N) is 1. The van der Waals surface area contributed by atoms with Gasteiger partial charge in [-0.15, -0.1) is 0 Å². The zero-order valence-corrected chi connectivity index (χ0v) is 7.26. The van der Waals surface area contributed by atoms with Crippen molar-refractivity contribution in [3.8, 4) is 0 Å². The standard InChI is InChI=1S/C7H12F2N2O2/c1-10-6(13)11-3-2-7(8,9)5(12)4-11/h5,12H,2-4H2,1H3,(H,10,13). The molecule has 6 heteroatoms. The molecule has 0 aromatic rings. The van der Waals surface area contributed by atoms with Gasteiger partial charge in [-0.1, -0.05) is 0 Å². The van der Waals surface area contributed by atoms with Gasteiger partial charge in [0, 0.05) is 20.0 Å². The van der Waals surface area contributed by atoms with E-state index in [1.54, 1.807) is 0 Å². The van der Waals surface area contributed by atoms with E-state index in [1.165, 1.54) is 11.9 Å². The summed E-state index contributed by atoms with van der Waals surface area (Å²) < 4.78 is 25.5. The van der Waals surface area contributed by atoms with E-state index in [2.05, 4.69) is 5.32 Å². The Morgan fingerprint density at radius 3 is 2.77 bits per heavy atom. The van der Waals surface area contributed by atoms with Gasteiger partial charge in [0.15, 0.2) is 0 Å². The Balaban J connectivity index is 2.56. The minimum atomic E-state index is -3.06. The number of carbonyl (C=O) groups is 1. The SMILES string of the molecule is CNC(=O)N1CCC(F)(F)C(O)C1. The second-order valence-electron chi connectivity index (χ2n) is 3.03. The molecule has 1 unspecified atom stereocenters. The van der Waals surface area contributed by atoms with Gasteiger partial charge in [0.05, 0.1) is 6.54 Å². The van der Waals surface area contributed by atoms with E-state index in [1.807, 2.05) is 0 Å². The molecule has 0 radical (unpaired) electrons. The maximum absolute atomic E-state index is 12.7. The molecule has 1 fully saturated rings. The number of amides is 2. The molecule has 1 aliphatic heterocycles. The molecule has 76 valence electrons. The van der Waals surface area contributed by atoms with Crippen LogP contribution < -0.4 is 5.32 Å². The highest BCUT2D eigenvalue weighted by molar-refractivity contribution is 5.73. The molecule has 0 aromatic heterocycles. The van der Waals surface area contributed by atoms with Gasteiger partial charge in [-0.3, -0.25) is 0 Å². The quantitative estimate of drug-likeness (QED) is 0.571. The molecule has 0 bridgehead atoms. The van der Waals surface area contributed by atoms with Gasteiger partial charge >= 0.3 is 6.03 Å². The molecule has 2 amide bonds. The maximum atomic E-state index is 12.7. The fraction of sp³-hybridized carbons (Fsp3) is 0.857. The van der Waals surface area contributed by atoms with Gasteiger partial charge in [-0.05, 0) is 0 Å². The Kier molecular flexibility index (Phi) is 2.70. The van der Waals surface area contributed by atoms with Crippen molar-refractivity contribution in [2.75, 3.05) is 20.1 Å². The number of rotatable bonds is 0. The Morgan fingerprint density at radius 2 is 2.31 bits per heavy atom. The number of urea groups is 1. The van der Waals surface area contributed by atoms with Crippen molar-refractivity contribution >= 4 is 6.03 Å². The largest absolute Gasteiger partial charge is 0.385 e. The van der Waals surface area contributed by atoms with Crippen LogP contribution in [0.5, 0.6) is 0 Å². The average Bonchev–Trinajstić information content (AvgIpc) is 2.08. The third kappa shape index (κ3) is 2.06. The number of nitrogens with one attached hydrogen (secondary N) is 1. The van der Waals surface area contributed by atoms with Gasteiger partial charge < -0.3 is 15.3 Å². The average molecular weight is 194 g/mol. The normalized spacial score (nSPS) is 27.1. The molecule has 1 saturated heterocycles. The molecular formula is C7H12F2N2O2. The van der Waals surface area contributed by atoms with Crippen molar-refractivity contribution in [3.05, 3.63) is 0 Å². The van der Waals surface area contributed by atoms with Crippen LogP contribution in [0, 0.1) is 0 Å². The summed E-state index contributed by atoms with van der Waals surface area (Å²) in [4.78, 5) is 12.2. The molecule has 1 aliphatic rings. The fourth-order valence-electron chi connectivity index (χ4n) is 1.23. The number of aliphatic hydroxyl groups is 1. The van der Waals surface area contributed by atoms with Gasteiger partial charge in [0.1, 0.15) is 6.10 Å². The predicted octanol–water partition coefficient (Wildman–Crippen LogP) is 0.0277. The maximum Gasteiger partial charge on any atom is 0.317 e. The number of alkyl halides is 2. The Hall–Kier alpha value is -0.910. The molecule has 1 rings (SSSR count). The summed E-state index contributed by atoms with van der Waals surface area (Å²) in [6.07, 6.45) is -2.24. The summed E-state index contributed by atoms with van der Waals surface area (Å²) in [5.74, 6) is -3.06. The third-order valence-corrected chi connectivity index (χ3v) is 2.10. The zero-order valence-electron chi connectivity index (χ0n) is 7.26. The highest BCUT2D eigenvalue weighted by Gasteiger charge is 2.43. The van der Waals surface area contributed by atoms with E-state index in [0.29, 0.717) is 0 Å². The van der Waals surface area contributed by atoms with Crippen molar-refractivity contribution in [3.63, 3.8) is 0 Å². The molecule has 2 N–H and O–H groups in total. The van der Waals surface area contributed by atoms with Crippen molar-refractivity contribution < 1.29 is 18.7 Å². The summed E-state index contributed by atoms with van der Waals surface area (Å²) >= 11 is 0. The monoisotopic (exact) mass is 194 g/mol. The molecule has 1 heterocycles. The highest BCUT2D eigenvalue weighted by atomic mass is 19.3.